The van der Waals surface area contributed by atoms with Crippen molar-refractivity contribution in [2.75, 3.05) is 16.0 Å². The molecule has 0 spiro atoms. The van der Waals surface area contributed by atoms with Crippen molar-refractivity contribution in [3.05, 3.63) is 83.4 Å². The van der Waals surface area contributed by atoms with E-state index in [1.165, 1.54) is 6.07 Å². The zero-order valence-electron chi connectivity index (χ0n) is 16.9. The third kappa shape index (κ3) is 6.38. The third-order valence-corrected chi connectivity index (χ3v) is 4.58. The Balaban J connectivity index is 1.83. The third-order valence-electron chi connectivity index (χ3n) is 4.38. The summed E-state index contributed by atoms with van der Waals surface area (Å²) in [6, 6.07) is 13.1. The van der Waals surface area contributed by atoms with E-state index in [-0.39, 0.29) is 16.9 Å². The van der Waals surface area contributed by atoms with Crippen LogP contribution in [0.1, 0.15) is 21.5 Å². The molecule has 0 aliphatic heterocycles. The van der Waals surface area contributed by atoms with Gasteiger partial charge in [-0.25, -0.2) is 0 Å². The highest BCUT2D eigenvalue weighted by atomic mass is 32.1. The quantitative estimate of drug-likeness (QED) is 0.188. The van der Waals surface area contributed by atoms with E-state index < -0.39 is 46.4 Å². The van der Waals surface area contributed by atoms with Gasteiger partial charge in [-0.2, -0.15) is 26.3 Å². The lowest BCUT2D eigenvalue weighted by Gasteiger charge is -2.15. The molecule has 3 aromatic carbocycles. The fourth-order valence-corrected chi connectivity index (χ4v) is 3.07. The fraction of sp³-hybridized carbons (Fsp3) is 0.0909. The number of alkyl halides is 6. The summed E-state index contributed by atoms with van der Waals surface area (Å²) in [7, 11) is 0. The minimum absolute atomic E-state index is 0.0572. The number of benzene rings is 3. The number of hydrogen-bond donors (Lipinski definition) is 4. The number of anilines is 3. The number of thiocarbonyl (C=S) groups is 1. The second kappa shape index (κ2) is 9.59. The van der Waals surface area contributed by atoms with Gasteiger partial charge in [0.2, 0.25) is 0 Å². The van der Waals surface area contributed by atoms with Gasteiger partial charge in [0.15, 0.2) is 5.11 Å². The summed E-state index contributed by atoms with van der Waals surface area (Å²) < 4.78 is 78.3. The Morgan fingerprint density at radius 2 is 1.26 bits per heavy atom. The minimum atomic E-state index is -5.08. The molecule has 0 bridgehead atoms. The van der Waals surface area contributed by atoms with E-state index >= 15 is 0 Å². The number of phenolic OH excluding ortho intramolecular Hbond substituents is 1. The second-order valence-electron chi connectivity index (χ2n) is 6.93. The van der Waals surface area contributed by atoms with E-state index in [9.17, 15) is 36.2 Å². The highest BCUT2D eigenvalue weighted by molar-refractivity contribution is 7.80. The van der Waals surface area contributed by atoms with E-state index in [0.29, 0.717) is 17.8 Å². The molecule has 34 heavy (non-hydrogen) atoms. The molecule has 0 unspecified atom stereocenters. The van der Waals surface area contributed by atoms with Crippen molar-refractivity contribution in [2.45, 2.75) is 12.4 Å². The van der Waals surface area contributed by atoms with Gasteiger partial charge in [-0.15, -0.1) is 0 Å². The normalized spacial score (nSPS) is 11.6. The number of rotatable bonds is 4. The predicted octanol–water partition coefficient (Wildman–Crippen LogP) is 6.49. The van der Waals surface area contributed by atoms with Gasteiger partial charge in [-0.05, 0) is 60.7 Å². The van der Waals surface area contributed by atoms with Crippen LogP contribution < -0.4 is 16.0 Å². The van der Waals surface area contributed by atoms with Gasteiger partial charge >= 0.3 is 12.4 Å². The van der Waals surface area contributed by atoms with Crippen LogP contribution in [0, 0.1) is 0 Å². The van der Waals surface area contributed by atoms with Crippen LogP contribution in [-0.4, -0.2) is 16.1 Å². The lowest BCUT2D eigenvalue weighted by Crippen LogP contribution is -2.20. The second-order valence-corrected chi connectivity index (χ2v) is 7.33. The number of nitrogens with one attached hydrogen (secondary N) is 3. The summed E-state index contributed by atoms with van der Waals surface area (Å²) in [6.07, 6.45) is -10.2. The summed E-state index contributed by atoms with van der Waals surface area (Å²) in [4.78, 5) is 12.6. The number of halogens is 6. The van der Waals surface area contributed by atoms with Gasteiger partial charge in [0.1, 0.15) is 5.75 Å². The Kier molecular flexibility index (Phi) is 7.01. The molecule has 0 atom stereocenters. The largest absolute Gasteiger partial charge is 0.507 e. The van der Waals surface area contributed by atoms with Crippen molar-refractivity contribution in [1.82, 2.24) is 0 Å². The first kappa shape index (κ1) is 24.8. The van der Waals surface area contributed by atoms with Crippen molar-refractivity contribution in [3.63, 3.8) is 0 Å². The minimum Gasteiger partial charge on any atom is -0.507 e. The van der Waals surface area contributed by atoms with Crippen LogP contribution >= 0.6 is 12.2 Å². The van der Waals surface area contributed by atoms with E-state index in [1.54, 1.807) is 30.3 Å². The number of amides is 1. The molecule has 0 fully saturated rings. The zero-order chi connectivity index (χ0) is 25.1. The summed E-state index contributed by atoms with van der Waals surface area (Å²) >= 11 is 5.16. The number of para-hydroxylation sites is 1. The molecule has 0 aliphatic carbocycles. The maximum atomic E-state index is 13.0. The van der Waals surface area contributed by atoms with Crippen LogP contribution in [0.3, 0.4) is 0 Å². The molecule has 1 amide bonds. The maximum Gasteiger partial charge on any atom is 0.416 e. The molecule has 3 aromatic rings. The Bertz CT molecular complexity index is 1180. The highest BCUT2D eigenvalue weighted by Crippen LogP contribution is 2.37. The van der Waals surface area contributed by atoms with Crippen molar-refractivity contribution < 1.29 is 36.2 Å². The van der Waals surface area contributed by atoms with Crippen LogP contribution in [0.2, 0.25) is 0 Å². The molecule has 0 saturated heterocycles. The maximum absolute atomic E-state index is 13.0. The molecule has 4 N–H and O–H groups in total. The molecule has 178 valence electrons. The molecule has 12 heteroatoms. The van der Waals surface area contributed by atoms with Gasteiger partial charge in [0, 0.05) is 17.1 Å². The average Bonchev–Trinajstić information content (AvgIpc) is 2.74. The van der Waals surface area contributed by atoms with Crippen molar-refractivity contribution in [3.8, 4) is 5.75 Å². The Morgan fingerprint density at radius 3 is 1.82 bits per heavy atom. The topological polar surface area (TPSA) is 73.4 Å². The summed E-state index contributed by atoms with van der Waals surface area (Å²) in [5.41, 5.74) is -3.42. The molecule has 3 rings (SSSR count). The van der Waals surface area contributed by atoms with E-state index in [1.807, 2.05) is 5.32 Å². The number of phenols is 1. The van der Waals surface area contributed by atoms with Crippen LogP contribution in [0.15, 0.2) is 66.7 Å². The summed E-state index contributed by atoms with van der Waals surface area (Å²) in [5.74, 6) is -1.68. The van der Waals surface area contributed by atoms with Crippen LogP contribution in [-0.2, 0) is 12.4 Å². The van der Waals surface area contributed by atoms with Gasteiger partial charge in [-0.1, -0.05) is 18.2 Å². The number of aromatic hydroxyl groups is 1. The number of carbonyl (C=O) groups is 1. The summed E-state index contributed by atoms with van der Waals surface area (Å²) in [6.45, 7) is 0. The smallest absolute Gasteiger partial charge is 0.416 e. The van der Waals surface area contributed by atoms with Gasteiger partial charge in [0.25, 0.3) is 5.91 Å². The Hall–Kier alpha value is -3.80. The van der Waals surface area contributed by atoms with Crippen molar-refractivity contribution in [1.29, 1.82) is 0 Å². The van der Waals surface area contributed by atoms with Crippen molar-refractivity contribution >= 4 is 40.3 Å². The Labute approximate surface area is 194 Å². The van der Waals surface area contributed by atoms with Crippen LogP contribution in [0.4, 0.5) is 43.4 Å². The van der Waals surface area contributed by atoms with Crippen LogP contribution in [0.25, 0.3) is 0 Å². The lowest BCUT2D eigenvalue weighted by atomic mass is 10.1. The van der Waals surface area contributed by atoms with E-state index in [2.05, 4.69) is 10.6 Å². The van der Waals surface area contributed by atoms with E-state index in [4.69, 9.17) is 12.2 Å². The molecule has 0 saturated carbocycles. The van der Waals surface area contributed by atoms with E-state index in [0.717, 1.165) is 12.1 Å². The molecule has 0 aliphatic rings. The first-order valence-electron chi connectivity index (χ1n) is 9.40. The lowest BCUT2D eigenvalue weighted by molar-refractivity contribution is -0.143. The molecule has 0 aromatic heterocycles. The van der Waals surface area contributed by atoms with Crippen LogP contribution in [0.5, 0.6) is 5.75 Å². The summed E-state index contributed by atoms with van der Waals surface area (Å²) in [5, 5.41) is 17.8. The first-order chi connectivity index (χ1) is 15.8. The SMILES string of the molecule is O=C(Nc1cc(C(F)(F)F)cc(C(F)(F)F)c1)c1cc(NC(=S)Nc2ccccc2)ccc1O. The highest BCUT2D eigenvalue weighted by Gasteiger charge is 2.37. The fourth-order valence-electron chi connectivity index (χ4n) is 2.84. The van der Waals surface area contributed by atoms with Crippen molar-refractivity contribution in [2.24, 2.45) is 0 Å². The Morgan fingerprint density at radius 1 is 0.706 bits per heavy atom. The predicted molar refractivity (Wildman–Crippen MR) is 119 cm³/mol. The molecular formula is C22H15F6N3O2S. The number of hydrogen-bond acceptors (Lipinski definition) is 3. The van der Waals surface area contributed by atoms with Gasteiger partial charge < -0.3 is 21.1 Å². The average molecular weight is 499 g/mol. The standard InChI is InChI=1S/C22H15F6N3O2S/c23-21(24,25)12-8-13(22(26,27)28)10-16(9-12)29-19(33)17-11-15(6-7-18(17)32)31-20(34)30-14-4-2-1-3-5-14/h1-11,32H,(H,29,33)(H2,30,31,34). The number of carbonyl (C=O) groups excluding carboxylic acids is 1. The molecular weight excluding hydrogens is 484 g/mol. The first-order valence-corrected chi connectivity index (χ1v) is 9.80. The monoisotopic (exact) mass is 499 g/mol. The molecule has 0 radical (unpaired) electrons. The molecule has 0 heterocycles. The van der Waals surface area contributed by atoms with Gasteiger partial charge in [-0.3, -0.25) is 4.79 Å². The zero-order valence-corrected chi connectivity index (χ0v) is 17.7. The van der Waals surface area contributed by atoms with Gasteiger partial charge in [0.05, 0.1) is 16.7 Å². The molecule has 5 nitrogen and oxygen atoms in total.